The highest BCUT2D eigenvalue weighted by Crippen LogP contribution is 2.34. The van der Waals surface area contributed by atoms with E-state index in [1.165, 1.54) is 11.8 Å². The van der Waals surface area contributed by atoms with E-state index in [-0.39, 0.29) is 0 Å². The van der Waals surface area contributed by atoms with Gasteiger partial charge in [0.2, 0.25) is 0 Å². The first kappa shape index (κ1) is 14.0. The number of aliphatic hydroxyl groups is 1. The first-order chi connectivity index (χ1) is 9.10. The zero-order valence-corrected chi connectivity index (χ0v) is 11.9. The Labute approximate surface area is 121 Å². The lowest BCUT2D eigenvalue weighted by Crippen LogP contribution is -1.94. The molecule has 0 radical (unpaired) electrons. The highest BCUT2D eigenvalue weighted by Gasteiger charge is 2.10. The molecule has 0 aromatic heterocycles. The van der Waals surface area contributed by atoms with Crippen molar-refractivity contribution in [3.05, 3.63) is 58.6 Å². The predicted molar refractivity (Wildman–Crippen MR) is 77.4 cm³/mol. The zero-order chi connectivity index (χ0) is 13.8. The van der Waals surface area contributed by atoms with Gasteiger partial charge in [-0.15, -0.1) is 0 Å². The Balaban J connectivity index is 2.37. The molecule has 0 unspecified atom stereocenters. The van der Waals surface area contributed by atoms with Crippen LogP contribution in [-0.2, 0) is 0 Å². The predicted octanol–water partition coefficient (Wildman–Crippen LogP) is 4.42. The molecule has 2 rings (SSSR count). The van der Waals surface area contributed by atoms with Gasteiger partial charge in [0, 0.05) is 14.8 Å². The minimum atomic E-state index is -0.567. The summed E-state index contributed by atoms with van der Waals surface area (Å²) in [6.45, 7) is 1.72. The normalized spacial score (nSPS) is 11.9. The van der Waals surface area contributed by atoms with E-state index < -0.39 is 6.10 Å². The van der Waals surface area contributed by atoms with Crippen LogP contribution in [0.2, 0.25) is 5.02 Å². The summed E-state index contributed by atoms with van der Waals surface area (Å²) in [7, 11) is 0. The molecule has 2 aromatic carbocycles. The molecule has 0 aliphatic carbocycles. The van der Waals surface area contributed by atoms with E-state index in [4.69, 9.17) is 16.9 Å². The van der Waals surface area contributed by atoms with Crippen molar-refractivity contribution >= 4 is 23.4 Å². The van der Waals surface area contributed by atoms with Crippen LogP contribution in [0.15, 0.2) is 52.3 Å². The molecule has 0 bridgehead atoms. The van der Waals surface area contributed by atoms with Crippen molar-refractivity contribution < 1.29 is 5.11 Å². The Hall–Kier alpha value is -1.47. The van der Waals surface area contributed by atoms with Gasteiger partial charge < -0.3 is 5.11 Å². The molecule has 0 heterocycles. The number of halogens is 1. The van der Waals surface area contributed by atoms with Crippen molar-refractivity contribution in [3.63, 3.8) is 0 Å². The van der Waals surface area contributed by atoms with Crippen LogP contribution < -0.4 is 0 Å². The third-order valence-electron chi connectivity index (χ3n) is 2.63. The van der Waals surface area contributed by atoms with Crippen molar-refractivity contribution in [1.29, 1.82) is 5.26 Å². The minimum absolute atomic E-state index is 0.567. The smallest absolute Gasteiger partial charge is 0.0992 e. The van der Waals surface area contributed by atoms with E-state index in [1.807, 2.05) is 24.3 Å². The van der Waals surface area contributed by atoms with Gasteiger partial charge in [0.05, 0.1) is 17.7 Å². The fourth-order valence-corrected chi connectivity index (χ4v) is 2.86. The van der Waals surface area contributed by atoms with Crippen molar-refractivity contribution in [2.24, 2.45) is 0 Å². The molecule has 19 heavy (non-hydrogen) atoms. The molecule has 0 spiro atoms. The fourth-order valence-electron chi connectivity index (χ4n) is 1.67. The van der Waals surface area contributed by atoms with Gasteiger partial charge in [-0.25, -0.2) is 0 Å². The molecule has 0 amide bonds. The lowest BCUT2D eigenvalue weighted by Gasteiger charge is -2.12. The third-order valence-corrected chi connectivity index (χ3v) is 3.97. The van der Waals surface area contributed by atoms with Gasteiger partial charge >= 0.3 is 0 Å². The average Bonchev–Trinajstić information content (AvgIpc) is 2.41. The maximum Gasteiger partial charge on any atom is 0.0992 e. The molecule has 96 valence electrons. The van der Waals surface area contributed by atoms with E-state index in [0.717, 1.165) is 15.4 Å². The first-order valence-electron chi connectivity index (χ1n) is 5.75. The minimum Gasteiger partial charge on any atom is -0.389 e. The second-order valence-corrected chi connectivity index (χ2v) is 5.65. The highest BCUT2D eigenvalue weighted by atomic mass is 35.5. The summed E-state index contributed by atoms with van der Waals surface area (Å²) >= 11 is 7.36. The van der Waals surface area contributed by atoms with E-state index >= 15 is 0 Å². The van der Waals surface area contributed by atoms with Crippen LogP contribution in [0.3, 0.4) is 0 Å². The SMILES string of the molecule is C[C@@H](O)c1ccc(C#N)cc1Sc1ccc(Cl)cc1. The quantitative estimate of drug-likeness (QED) is 0.910. The summed E-state index contributed by atoms with van der Waals surface area (Å²) < 4.78 is 0. The summed E-state index contributed by atoms with van der Waals surface area (Å²) in [5.41, 5.74) is 1.40. The monoisotopic (exact) mass is 289 g/mol. The van der Waals surface area contributed by atoms with Crippen LogP contribution in [0, 0.1) is 11.3 Å². The van der Waals surface area contributed by atoms with E-state index in [9.17, 15) is 5.11 Å². The summed E-state index contributed by atoms with van der Waals surface area (Å²) in [5, 5.41) is 19.4. The van der Waals surface area contributed by atoms with E-state index in [2.05, 4.69) is 6.07 Å². The standard InChI is InChI=1S/C15H12ClNOS/c1-10(18)14-7-2-11(9-17)8-15(14)19-13-5-3-12(16)4-6-13/h2-8,10,18H,1H3/t10-/m1/s1. The second kappa shape index (κ2) is 6.12. The molecule has 4 heteroatoms. The highest BCUT2D eigenvalue weighted by molar-refractivity contribution is 7.99. The number of aliphatic hydroxyl groups excluding tert-OH is 1. The van der Waals surface area contributed by atoms with Crippen molar-refractivity contribution in [1.82, 2.24) is 0 Å². The van der Waals surface area contributed by atoms with E-state index in [1.54, 1.807) is 25.1 Å². The van der Waals surface area contributed by atoms with Crippen LogP contribution in [0.25, 0.3) is 0 Å². The maximum atomic E-state index is 9.77. The molecular weight excluding hydrogens is 278 g/mol. The Morgan fingerprint density at radius 3 is 2.47 bits per heavy atom. The molecule has 2 aromatic rings. The van der Waals surface area contributed by atoms with Crippen LogP contribution >= 0.6 is 23.4 Å². The van der Waals surface area contributed by atoms with Gasteiger partial charge in [0.15, 0.2) is 0 Å². The maximum absolute atomic E-state index is 9.77. The molecule has 0 fully saturated rings. The van der Waals surface area contributed by atoms with Gasteiger partial charge in [0.1, 0.15) is 0 Å². The first-order valence-corrected chi connectivity index (χ1v) is 6.95. The zero-order valence-electron chi connectivity index (χ0n) is 10.3. The molecule has 0 aliphatic rings. The molecule has 1 atom stereocenters. The second-order valence-electron chi connectivity index (χ2n) is 4.10. The van der Waals surface area contributed by atoms with Gasteiger partial charge in [-0.2, -0.15) is 5.26 Å². The van der Waals surface area contributed by atoms with Gasteiger partial charge in [0.25, 0.3) is 0 Å². The molecule has 2 nitrogen and oxygen atoms in total. The molecule has 0 saturated carbocycles. The van der Waals surface area contributed by atoms with Crippen molar-refractivity contribution in [2.45, 2.75) is 22.8 Å². The summed E-state index contributed by atoms with van der Waals surface area (Å²) in [4.78, 5) is 1.90. The molecule has 1 N–H and O–H groups in total. The third kappa shape index (κ3) is 3.51. The Kier molecular flexibility index (Phi) is 4.49. The number of nitriles is 1. The van der Waals surface area contributed by atoms with Gasteiger partial charge in [-0.3, -0.25) is 0 Å². The number of hydrogen-bond donors (Lipinski definition) is 1. The van der Waals surface area contributed by atoms with Gasteiger partial charge in [-0.05, 0) is 48.9 Å². The molecule has 0 aliphatic heterocycles. The number of benzene rings is 2. The topological polar surface area (TPSA) is 44.0 Å². The largest absolute Gasteiger partial charge is 0.389 e. The lowest BCUT2D eigenvalue weighted by atomic mass is 10.1. The van der Waals surface area contributed by atoms with Crippen LogP contribution in [-0.4, -0.2) is 5.11 Å². The van der Waals surface area contributed by atoms with Crippen molar-refractivity contribution in [2.75, 3.05) is 0 Å². The molecule has 0 saturated heterocycles. The summed E-state index contributed by atoms with van der Waals surface area (Å²) in [6, 6.07) is 14.9. The Morgan fingerprint density at radius 1 is 1.21 bits per heavy atom. The summed E-state index contributed by atoms with van der Waals surface area (Å²) in [5.74, 6) is 0. The average molecular weight is 290 g/mol. The Bertz CT molecular complexity index is 617. The lowest BCUT2D eigenvalue weighted by molar-refractivity contribution is 0.196. The number of nitrogens with zero attached hydrogens (tertiary/aromatic N) is 1. The van der Waals surface area contributed by atoms with E-state index in [0.29, 0.717) is 10.6 Å². The number of hydrogen-bond acceptors (Lipinski definition) is 3. The van der Waals surface area contributed by atoms with Crippen LogP contribution in [0.1, 0.15) is 24.2 Å². The Morgan fingerprint density at radius 2 is 1.89 bits per heavy atom. The van der Waals surface area contributed by atoms with Crippen LogP contribution in [0.4, 0.5) is 0 Å². The molecular formula is C15H12ClNOS. The summed E-state index contributed by atoms with van der Waals surface area (Å²) in [6.07, 6.45) is -0.567. The van der Waals surface area contributed by atoms with Crippen molar-refractivity contribution in [3.8, 4) is 6.07 Å². The fraction of sp³-hybridized carbons (Fsp3) is 0.133. The van der Waals surface area contributed by atoms with Crippen LogP contribution in [0.5, 0.6) is 0 Å². The number of rotatable bonds is 3. The van der Waals surface area contributed by atoms with Gasteiger partial charge in [-0.1, -0.05) is 29.4 Å².